The van der Waals surface area contributed by atoms with Gasteiger partial charge in [0.25, 0.3) is 0 Å². The highest BCUT2D eigenvalue weighted by Gasteiger charge is 2.30. The molecule has 2 aliphatic rings. The van der Waals surface area contributed by atoms with Gasteiger partial charge in [-0.15, -0.1) is 0 Å². The summed E-state index contributed by atoms with van der Waals surface area (Å²) >= 11 is 0. The smallest absolute Gasteiger partial charge is 0.228 e. The quantitative estimate of drug-likeness (QED) is 0.447. The number of benzene rings is 1. The third-order valence-electron chi connectivity index (χ3n) is 6.95. The molecule has 3 heterocycles. The van der Waals surface area contributed by atoms with E-state index in [0.717, 1.165) is 51.7 Å². The summed E-state index contributed by atoms with van der Waals surface area (Å²) < 4.78 is 10.1. The summed E-state index contributed by atoms with van der Waals surface area (Å²) in [5.74, 6) is 1.60. The van der Waals surface area contributed by atoms with Gasteiger partial charge in [-0.1, -0.05) is 18.2 Å². The van der Waals surface area contributed by atoms with Gasteiger partial charge < -0.3 is 14.6 Å². The Morgan fingerprint density at radius 2 is 1.91 bits per heavy atom. The Hall–Kier alpha value is -3.61. The number of nitrogens with one attached hydrogen (secondary N) is 1. The number of aromatic nitrogens is 4. The third kappa shape index (κ3) is 3.48. The molecule has 7 nitrogen and oxygen atoms in total. The Balaban J connectivity index is 1.43. The molecule has 2 fully saturated rings. The van der Waals surface area contributed by atoms with Gasteiger partial charge in [-0.3, -0.25) is 9.48 Å². The Morgan fingerprint density at radius 1 is 1.09 bits per heavy atom. The van der Waals surface area contributed by atoms with Gasteiger partial charge >= 0.3 is 0 Å². The van der Waals surface area contributed by atoms with Crippen LogP contribution >= 0.6 is 0 Å². The molecule has 0 bridgehead atoms. The number of fused-ring (bicyclic) bond motifs is 1. The number of carbonyl (C=O) groups is 1. The van der Waals surface area contributed by atoms with E-state index in [4.69, 9.17) is 4.74 Å². The molecule has 0 saturated heterocycles. The fraction of sp³-hybridized carbons (Fsp3) is 0.346. The zero-order valence-corrected chi connectivity index (χ0v) is 18.9. The summed E-state index contributed by atoms with van der Waals surface area (Å²) in [6, 6.07) is 8.70. The molecule has 2 aliphatic carbocycles. The summed E-state index contributed by atoms with van der Waals surface area (Å²) in [5.41, 5.74) is 5.12. The highest BCUT2D eigenvalue weighted by molar-refractivity contribution is 6.01. The topological polar surface area (TPSA) is 74.0 Å². The number of para-hydroxylation sites is 1. The normalized spacial score (nSPS) is 16.1. The lowest BCUT2D eigenvalue weighted by molar-refractivity contribution is -0.117. The molecule has 1 aromatic carbocycles. The van der Waals surface area contributed by atoms with Crippen molar-refractivity contribution in [2.24, 2.45) is 13.0 Å². The number of rotatable bonds is 6. The first-order valence-electron chi connectivity index (χ1n) is 11.6. The molecule has 0 radical (unpaired) electrons. The van der Waals surface area contributed by atoms with Gasteiger partial charge in [0, 0.05) is 53.0 Å². The van der Waals surface area contributed by atoms with E-state index in [1.54, 1.807) is 7.11 Å². The van der Waals surface area contributed by atoms with Crippen LogP contribution < -0.4 is 10.1 Å². The van der Waals surface area contributed by atoms with Crippen molar-refractivity contribution in [3.05, 3.63) is 49.1 Å². The molecule has 0 aliphatic heterocycles. The molecule has 3 aromatic heterocycles. The summed E-state index contributed by atoms with van der Waals surface area (Å²) in [6.07, 6.45) is 13.6. The SMILES string of the molecule is COc1c(-c2cnn(C3CCC3)c2)cccc1-c1cn(C)c2cnc(NC(=O)C3CC3)cc12. The van der Waals surface area contributed by atoms with Crippen LogP contribution in [-0.2, 0) is 11.8 Å². The van der Waals surface area contributed by atoms with E-state index in [2.05, 4.69) is 55.2 Å². The minimum absolute atomic E-state index is 0.0578. The minimum Gasteiger partial charge on any atom is -0.495 e. The second-order valence-corrected chi connectivity index (χ2v) is 9.18. The van der Waals surface area contributed by atoms with E-state index in [-0.39, 0.29) is 11.8 Å². The van der Waals surface area contributed by atoms with E-state index in [0.29, 0.717) is 11.9 Å². The molecule has 168 valence electrons. The van der Waals surface area contributed by atoms with Crippen molar-refractivity contribution in [3.8, 4) is 28.0 Å². The predicted molar refractivity (Wildman–Crippen MR) is 128 cm³/mol. The van der Waals surface area contributed by atoms with Crippen LogP contribution in [0.2, 0.25) is 0 Å². The number of amides is 1. The van der Waals surface area contributed by atoms with Crippen molar-refractivity contribution >= 4 is 22.6 Å². The maximum absolute atomic E-state index is 12.3. The zero-order chi connectivity index (χ0) is 22.5. The van der Waals surface area contributed by atoms with Crippen LogP contribution in [-0.4, -0.2) is 32.3 Å². The maximum atomic E-state index is 12.3. The van der Waals surface area contributed by atoms with Crippen molar-refractivity contribution in [2.75, 3.05) is 12.4 Å². The molecule has 1 amide bonds. The highest BCUT2D eigenvalue weighted by atomic mass is 16.5. The predicted octanol–water partition coefficient (Wildman–Crippen LogP) is 5.19. The van der Waals surface area contributed by atoms with E-state index < -0.39 is 0 Å². The molecule has 4 aromatic rings. The lowest BCUT2D eigenvalue weighted by Crippen LogP contribution is -2.16. The number of ether oxygens (including phenoxy) is 1. The molecule has 0 unspecified atom stereocenters. The van der Waals surface area contributed by atoms with Crippen LogP contribution in [0, 0.1) is 5.92 Å². The third-order valence-corrected chi connectivity index (χ3v) is 6.95. The monoisotopic (exact) mass is 441 g/mol. The molecule has 0 spiro atoms. The van der Waals surface area contributed by atoms with Gasteiger partial charge in [0.2, 0.25) is 5.91 Å². The van der Waals surface area contributed by atoms with Crippen molar-refractivity contribution in [1.29, 1.82) is 0 Å². The first-order chi connectivity index (χ1) is 16.1. The van der Waals surface area contributed by atoms with Crippen molar-refractivity contribution in [3.63, 3.8) is 0 Å². The molecule has 1 N–H and O–H groups in total. The molecule has 2 saturated carbocycles. The van der Waals surface area contributed by atoms with Gasteiger partial charge in [-0.2, -0.15) is 5.10 Å². The van der Waals surface area contributed by atoms with Gasteiger partial charge in [0.05, 0.1) is 31.1 Å². The number of hydrogen-bond acceptors (Lipinski definition) is 4. The van der Waals surface area contributed by atoms with Crippen LogP contribution in [0.25, 0.3) is 33.2 Å². The van der Waals surface area contributed by atoms with Crippen molar-refractivity contribution in [1.82, 2.24) is 19.3 Å². The number of carbonyl (C=O) groups excluding carboxylic acids is 1. The Labute approximate surface area is 192 Å². The molecular weight excluding hydrogens is 414 g/mol. The summed E-state index contributed by atoms with van der Waals surface area (Å²) in [7, 11) is 3.72. The van der Waals surface area contributed by atoms with Gasteiger partial charge in [-0.05, 0) is 38.2 Å². The van der Waals surface area contributed by atoms with Crippen LogP contribution in [0.4, 0.5) is 5.82 Å². The van der Waals surface area contributed by atoms with Crippen LogP contribution in [0.5, 0.6) is 5.75 Å². The fourth-order valence-corrected chi connectivity index (χ4v) is 4.66. The zero-order valence-electron chi connectivity index (χ0n) is 18.9. The number of hydrogen-bond donors (Lipinski definition) is 1. The van der Waals surface area contributed by atoms with Gasteiger partial charge in [-0.25, -0.2) is 4.98 Å². The highest BCUT2D eigenvalue weighted by Crippen LogP contribution is 2.43. The Morgan fingerprint density at radius 3 is 2.64 bits per heavy atom. The fourth-order valence-electron chi connectivity index (χ4n) is 4.66. The van der Waals surface area contributed by atoms with E-state index in [1.165, 1.54) is 19.3 Å². The summed E-state index contributed by atoms with van der Waals surface area (Å²) in [4.78, 5) is 16.7. The number of anilines is 1. The lowest BCUT2D eigenvalue weighted by Gasteiger charge is -2.25. The average Bonchev–Trinajstić information content (AvgIpc) is 3.46. The molecule has 6 rings (SSSR count). The first kappa shape index (κ1) is 20.0. The van der Waals surface area contributed by atoms with Crippen LogP contribution in [0.1, 0.15) is 38.1 Å². The van der Waals surface area contributed by atoms with Crippen molar-refractivity contribution in [2.45, 2.75) is 38.1 Å². The van der Waals surface area contributed by atoms with E-state index >= 15 is 0 Å². The number of methoxy groups -OCH3 is 1. The van der Waals surface area contributed by atoms with E-state index in [9.17, 15) is 4.79 Å². The Bertz CT molecular complexity index is 1360. The maximum Gasteiger partial charge on any atom is 0.228 e. The van der Waals surface area contributed by atoms with Crippen LogP contribution in [0.3, 0.4) is 0 Å². The summed E-state index contributed by atoms with van der Waals surface area (Å²) in [5, 5.41) is 8.61. The lowest BCUT2D eigenvalue weighted by atomic mass is 9.93. The molecule has 7 heteroatoms. The summed E-state index contributed by atoms with van der Waals surface area (Å²) in [6.45, 7) is 0. The average molecular weight is 442 g/mol. The Kier molecular flexibility index (Phi) is 4.71. The number of pyridine rings is 1. The minimum atomic E-state index is 0.0578. The van der Waals surface area contributed by atoms with Crippen LogP contribution in [0.15, 0.2) is 49.1 Å². The molecular formula is C26H27N5O2. The second-order valence-electron chi connectivity index (χ2n) is 9.18. The second kappa shape index (κ2) is 7.76. The van der Waals surface area contributed by atoms with Gasteiger partial charge in [0.1, 0.15) is 11.6 Å². The number of nitrogens with zero attached hydrogens (tertiary/aromatic N) is 4. The van der Waals surface area contributed by atoms with E-state index in [1.807, 2.05) is 25.5 Å². The number of aryl methyl sites for hydroxylation is 1. The largest absolute Gasteiger partial charge is 0.495 e. The molecule has 0 atom stereocenters. The molecule has 33 heavy (non-hydrogen) atoms. The standard InChI is InChI=1S/C26H27N5O2/c1-30-15-22(21-11-24(27-13-23(21)30)29-26(32)16-9-10-16)20-8-4-7-19(25(20)33-2)17-12-28-31(14-17)18-5-3-6-18/h4,7-8,11-16,18H,3,5-6,9-10H2,1-2H3,(H,27,29,32). The first-order valence-corrected chi connectivity index (χ1v) is 11.6. The van der Waals surface area contributed by atoms with Gasteiger partial charge in [0.15, 0.2) is 0 Å². The van der Waals surface area contributed by atoms with Crippen molar-refractivity contribution < 1.29 is 9.53 Å².